The Kier molecular flexibility index (Phi) is 5.75. The summed E-state index contributed by atoms with van der Waals surface area (Å²) < 4.78 is 15.6. The third-order valence-corrected chi connectivity index (χ3v) is 3.51. The molecule has 0 aromatic carbocycles. The average molecular weight is 269 g/mol. The van der Waals surface area contributed by atoms with Crippen LogP contribution in [0.3, 0.4) is 0 Å². The number of nitrogens with zero attached hydrogens (tertiary/aromatic N) is 2. The van der Waals surface area contributed by atoms with Gasteiger partial charge in [0, 0.05) is 25.5 Å². The monoisotopic (exact) mass is 269 g/mol. The van der Waals surface area contributed by atoms with Crippen LogP contribution >= 0.6 is 0 Å². The summed E-state index contributed by atoms with van der Waals surface area (Å²) in [5, 5.41) is 4.00. The molecule has 6 heteroatoms. The highest BCUT2D eigenvalue weighted by molar-refractivity contribution is 4.97. The summed E-state index contributed by atoms with van der Waals surface area (Å²) in [6.07, 6.45) is 4.87. The van der Waals surface area contributed by atoms with Gasteiger partial charge in [0.2, 0.25) is 5.89 Å². The smallest absolute Gasteiger partial charge is 0.229 e. The van der Waals surface area contributed by atoms with Gasteiger partial charge in [0.05, 0.1) is 19.8 Å². The van der Waals surface area contributed by atoms with Gasteiger partial charge < -0.3 is 19.7 Å². The largest absolute Gasteiger partial charge is 0.382 e. The van der Waals surface area contributed by atoms with Crippen LogP contribution in [0.5, 0.6) is 0 Å². The average Bonchev–Trinajstić information content (AvgIpc) is 2.88. The summed E-state index contributed by atoms with van der Waals surface area (Å²) in [7, 11) is 1.66. The van der Waals surface area contributed by atoms with E-state index in [-0.39, 0.29) is 0 Å². The highest BCUT2D eigenvalue weighted by atomic mass is 16.5. The molecule has 108 valence electrons. The van der Waals surface area contributed by atoms with Crippen molar-refractivity contribution in [2.45, 2.75) is 44.1 Å². The van der Waals surface area contributed by atoms with Crippen LogP contribution in [0.25, 0.3) is 0 Å². The fourth-order valence-electron chi connectivity index (χ4n) is 2.31. The molecule has 1 fully saturated rings. The number of hydrogen-bond donors (Lipinski definition) is 1. The van der Waals surface area contributed by atoms with Gasteiger partial charge in [-0.1, -0.05) is 5.16 Å². The molecule has 2 N–H and O–H groups in total. The lowest BCUT2D eigenvalue weighted by Crippen LogP contribution is -2.25. The minimum absolute atomic E-state index is 0.341. The molecule has 19 heavy (non-hydrogen) atoms. The Morgan fingerprint density at radius 1 is 1.21 bits per heavy atom. The first kappa shape index (κ1) is 14.4. The Labute approximate surface area is 113 Å². The number of ether oxygens (including phenoxy) is 2. The molecule has 1 aliphatic rings. The molecular weight excluding hydrogens is 246 g/mol. The van der Waals surface area contributed by atoms with Crippen molar-refractivity contribution in [3.63, 3.8) is 0 Å². The molecule has 1 heterocycles. The Balaban J connectivity index is 1.72. The van der Waals surface area contributed by atoms with Crippen LogP contribution in [0.15, 0.2) is 4.52 Å². The SMILES string of the molecule is COCCOCCc1noc(C2CCC(N)CC2)n1. The zero-order chi connectivity index (χ0) is 13.5. The maximum absolute atomic E-state index is 5.89. The summed E-state index contributed by atoms with van der Waals surface area (Å²) in [5.41, 5.74) is 5.89. The van der Waals surface area contributed by atoms with Crippen LogP contribution in [0.4, 0.5) is 0 Å². The normalized spacial score (nSPS) is 23.7. The van der Waals surface area contributed by atoms with E-state index in [1.165, 1.54) is 0 Å². The van der Waals surface area contributed by atoms with Crippen molar-refractivity contribution in [3.05, 3.63) is 11.7 Å². The lowest BCUT2D eigenvalue weighted by atomic mass is 9.86. The van der Waals surface area contributed by atoms with Gasteiger partial charge in [0.25, 0.3) is 0 Å². The van der Waals surface area contributed by atoms with Gasteiger partial charge in [-0.2, -0.15) is 4.98 Å². The van der Waals surface area contributed by atoms with Gasteiger partial charge in [-0.05, 0) is 25.7 Å². The van der Waals surface area contributed by atoms with E-state index in [1.54, 1.807) is 7.11 Å². The molecular formula is C13H23N3O3. The van der Waals surface area contributed by atoms with Crippen LogP contribution in [-0.4, -0.2) is 43.1 Å². The third kappa shape index (κ3) is 4.56. The molecule has 1 aromatic heterocycles. The lowest BCUT2D eigenvalue weighted by molar-refractivity contribution is 0.0714. The maximum atomic E-state index is 5.89. The first-order valence-electron chi connectivity index (χ1n) is 6.94. The van der Waals surface area contributed by atoms with Crippen molar-refractivity contribution in [2.75, 3.05) is 26.9 Å². The quantitative estimate of drug-likeness (QED) is 0.750. The molecule has 0 atom stereocenters. The van der Waals surface area contributed by atoms with Crippen molar-refractivity contribution in [3.8, 4) is 0 Å². The minimum Gasteiger partial charge on any atom is -0.382 e. The van der Waals surface area contributed by atoms with Gasteiger partial charge in [0.15, 0.2) is 5.82 Å². The molecule has 0 unspecified atom stereocenters. The second-order valence-electron chi connectivity index (χ2n) is 5.02. The molecule has 0 bridgehead atoms. The zero-order valence-electron chi connectivity index (χ0n) is 11.5. The summed E-state index contributed by atoms with van der Waals surface area (Å²) in [4.78, 5) is 4.45. The molecule has 1 saturated carbocycles. The molecule has 1 aromatic rings. The van der Waals surface area contributed by atoms with E-state index in [2.05, 4.69) is 10.1 Å². The van der Waals surface area contributed by atoms with E-state index in [1.807, 2.05) is 0 Å². The van der Waals surface area contributed by atoms with Crippen LogP contribution in [-0.2, 0) is 15.9 Å². The molecule has 0 spiro atoms. The minimum atomic E-state index is 0.341. The van der Waals surface area contributed by atoms with Crippen LogP contribution < -0.4 is 5.73 Å². The predicted molar refractivity (Wildman–Crippen MR) is 69.9 cm³/mol. The Morgan fingerprint density at radius 2 is 2.00 bits per heavy atom. The molecule has 0 aliphatic heterocycles. The predicted octanol–water partition coefficient (Wildman–Crippen LogP) is 1.26. The van der Waals surface area contributed by atoms with E-state index in [0.717, 1.165) is 37.4 Å². The van der Waals surface area contributed by atoms with Crippen LogP contribution in [0, 0.1) is 0 Å². The Morgan fingerprint density at radius 3 is 2.74 bits per heavy atom. The molecule has 1 aliphatic carbocycles. The molecule has 6 nitrogen and oxygen atoms in total. The fourth-order valence-corrected chi connectivity index (χ4v) is 2.31. The summed E-state index contributed by atoms with van der Waals surface area (Å²) in [6, 6.07) is 0.341. The van der Waals surface area contributed by atoms with E-state index < -0.39 is 0 Å². The van der Waals surface area contributed by atoms with Crippen molar-refractivity contribution >= 4 is 0 Å². The second kappa shape index (κ2) is 7.57. The van der Waals surface area contributed by atoms with Gasteiger partial charge >= 0.3 is 0 Å². The van der Waals surface area contributed by atoms with Crippen molar-refractivity contribution in [1.29, 1.82) is 0 Å². The molecule has 2 rings (SSSR count). The fraction of sp³-hybridized carbons (Fsp3) is 0.846. The van der Waals surface area contributed by atoms with E-state index in [9.17, 15) is 0 Å². The maximum Gasteiger partial charge on any atom is 0.229 e. The first-order chi connectivity index (χ1) is 9.29. The highest BCUT2D eigenvalue weighted by Crippen LogP contribution is 2.31. The summed E-state index contributed by atoms with van der Waals surface area (Å²) in [5.74, 6) is 1.87. The zero-order valence-corrected chi connectivity index (χ0v) is 11.5. The van der Waals surface area contributed by atoms with Gasteiger partial charge in [-0.15, -0.1) is 0 Å². The molecule has 0 radical (unpaired) electrons. The summed E-state index contributed by atoms with van der Waals surface area (Å²) >= 11 is 0. The standard InChI is InChI=1S/C13H23N3O3/c1-17-8-9-18-7-6-12-15-13(19-16-12)10-2-4-11(14)5-3-10/h10-11H,2-9,14H2,1H3. The van der Waals surface area contributed by atoms with E-state index in [0.29, 0.717) is 38.2 Å². The first-order valence-corrected chi connectivity index (χ1v) is 6.94. The van der Waals surface area contributed by atoms with Gasteiger partial charge in [-0.3, -0.25) is 0 Å². The Hall–Kier alpha value is -0.980. The van der Waals surface area contributed by atoms with Crippen molar-refractivity contribution < 1.29 is 14.0 Å². The number of nitrogens with two attached hydrogens (primary N) is 1. The Bertz CT molecular complexity index is 362. The van der Waals surface area contributed by atoms with Crippen molar-refractivity contribution in [2.24, 2.45) is 5.73 Å². The van der Waals surface area contributed by atoms with E-state index in [4.69, 9.17) is 19.7 Å². The lowest BCUT2D eigenvalue weighted by Gasteiger charge is -2.22. The second-order valence-corrected chi connectivity index (χ2v) is 5.02. The molecule has 0 amide bonds. The number of hydrogen-bond acceptors (Lipinski definition) is 6. The summed E-state index contributed by atoms with van der Waals surface area (Å²) in [6.45, 7) is 1.80. The topological polar surface area (TPSA) is 83.4 Å². The van der Waals surface area contributed by atoms with Crippen LogP contribution in [0.1, 0.15) is 43.3 Å². The van der Waals surface area contributed by atoms with Crippen LogP contribution in [0.2, 0.25) is 0 Å². The number of aromatic nitrogens is 2. The highest BCUT2D eigenvalue weighted by Gasteiger charge is 2.24. The van der Waals surface area contributed by atoms with E-state index >= 15 is 0 Å². The van der Waals surface area contributed by atoms with Crippen molar-refractivity contribution in [1.82, 2.24) is 10.1 Å². The molecule has 0 saturated heterocycles. The number of methoxy groups -OCH3 is 1. The third-order valence-electron chi connectivity index (χ3n) is 3.51. The number of rotatable bonds is 7. The van der Waals surface area contributed by atoms with Gasteiger partial charge in [-0.25, -0.2) is 0 Å². The van der Waals surface area contributed by atoms with Gasteiger partial charge in [0.1, 0.15) is 0 Å².